The molecule has 1 aromatic heterocycles. The van der Waals surface area contributed by atoms with E-state index in [0.717, 1.165) is 36.9 Å². The second-order valence-electron chi connectivity index (χ2n) is 5.29. The molecule has 0 spiro atoms. The molecule has 3 rings (SSSR count). The number of hydrogen-bond donors (Lipinski definition) is 1. The summed E-state index contributed by atoms with van der Waals surface area (Å²) in [6.45, 7) is 0. The van der Waals surface area contributed by atoms with Crippen molar-refractivity contribution < 1.29 is 4.92 Å². The summed E-state index contributed by atoms with van der Waals surface area (Å²) in [7, 11) is 1.95. The average Bonchev–Trinajstić information content (AvgIpc) is 2.80. The quantitative estimate of drug-likeness (QED) is 0.535. The summed E-state index contributed by atoms with van der Waals surface area (Å²) in [6.07, 6.45) is 6.05. The number of nitro benzene ring substituents is 1. The molecule has 1 aliphatic carbocycles. The van der Waals surface area contributed by atoms with E-state index in [4.69, 9.17) is 0 Å². The van der Waals surface area contributed by atoms with E-state index in [0.29, 0.717) is 5.69 Å². The maximum absolute atomic E-state index is 11.2. The van der Waals surface area contributed by atoms with Crippen LogP contribution in [0.1, 0.15) is 36.6 Å². The fraction of sp³-hybridized carbons (Fsp3) is 0.400. The second-order valence-corrected chi connectivity index (χ2v) is 5.29. The van der Waals surface area contributed by atoms with Gasteiger partial charge in [-0.15, -0.1) is 0 Å². The SMILES string of the molecule is CNC1CCCCc2c1cnn2-c1ccccc1[N+](=O)[O-]. The van der Waals surface area contributed by atoms with Crippen LogP contribution in [0.25, 0.3) is 5.69 Å². The van der Waals surface area contributed by atoms with Crippen LogP contribution < -0.4 is 5.32 Å². The van der Waals surface area contributed by atoms with E-state index in [1.54, 1.807) is 16.8 Å². The zero-order chi connectivity index (χ0) is 14.8. The minimum Gasteiger partial charge on any atom is -0.313 e. The molecule has 1 unspecified atom stereocenters. The monoisotopic (exact) mass is 286 g/mol. The van der Waals surface area contributed by atoms with E-state index >= 15 is 0 Å². The van der Waals surface area contributed by atoms with Gasteiger partial charge in [0.25, 0.3) is 5.69 Å². The van der Waals surface area contributed by atoms with Crippen molar-refractivity contribution in [3.8, 4) is 5.69 Å². The zero-order valence-corrected chi connectivity index (χ0v) is 12.0. The van der Waals surface area contributed by atoms with Crippen molar-refractivity contribution in [2.24, 2.45) is 0 Å². The molecule has 6 heteroatoms. The van der Waals surface area contributed by atoms with Crippen LogP contribution in [0.3, 0.4) is 0 Å². The molecule has 0 aliphatic heterocycles. The summed E-state index contributed by atoms with van der Waals surface area (Å²) >= 11 is 0. The molecule has 1 heterocycles. The van der Waals surface area contributed by atoms with E-state index in [-0.39, 0.29) is 16.7 Å². The summed E-state index contributed by atoms with van der Waals surface area (Å²) in [4.78, 5) is 10.9. The number of nitrogens with one attached hydrogen (secondary N) is 1. The van der Waals surface area contributed by atoms with Crippen molar-refractivity contribution in [2.45, 2.75) is 31.7 Å². The molecule has 110 valence electrons. The van der Waals surface area contributed by atoms with Gasteiger partial charge in [-0.05, 0) is 32.4 Å². The topological polar surface area (TPSA) is 73.0 Å². The maximum atomic E-state index is 11.2. The Kier molecular flexibility index (Phi) is 3.70. The molecule has 21 heavy (non-hydrogen) atoms. The molecule has 0 bridgehead atoms. The number of rotatable bonds is 3. The molecule has 1 aromatic carbocycles. The third-order valence-electron chi connectivity index (χ3n) is 4.09. The molecule has 1 aliphatic rings. The summed E-state index contributed by atoms with van der Waals surface area (Å²) in [6, 6.07) is 7.04. The molecule has 0 radical (unpaired) electrons. The Hall–Kier alpha value is -2.21. The van der Waals surface area contributed by atoms with Crippen LogP contribution in [0.15, 0.2) is 30.5 Å². The van der Waals surface area contributed by atoms with Gasteiger partial charge in [0.05, 0.1) is 11.1 Å². The highest BCUT2D eigenvalue weighted by molar-refractivity contribution is 5.53. The van der Waals surface area contributed by atoms with E-state index in [2.05, 4.69) is 10.4 Å². The minimum absolute atomic E-state index is 0.0913. The number of fused-ring (bicyclic) bond motifs is 1. The first-order chi connectivity index (χ1) is 10.2. The number of para-hydroxylation sites is 2. The summed E-state index contributed by atoms with van der Waals surface area (Å²) in [5.41, 5.74) is 2.88. The van der Waals surface area contributed by atoms with Gasteiger partial charge in [0, 0.05) is 23.4 Å². The van der Waals surface area contributed by atoms with Crippen LogP contribution in [-0.2, 0) is 6.42 Å². The first-order valence-corrected chi connectivity index (χ1v) is 7.20. The summed E-state index contributed by atoms with van der Waals surface area (Å²) in [5.74, 6) is 0. The molecule has 0 saturated heterocycles. The number of nitro groups is 1. The molecule has 2 aromatic rings. The lowest BCUT2D eigenvalue weighted by Crippen LogP contribution is -2.16. The molecule has 0 amide bonds. The van der Waals surface area contributed by atoms with Gasteiger partial charge in [-0.1, -0.05) is 18.6 Å². The smallest absolute Gasteiger partial charge is 0.294 e. The average molecular weight is 286 g/mol. The molecule has 0 fully saturated rings. The lowest BCUT2D eigenvalue weighted by atomic mass is 10.1. The van der Waals surface area contributed by atoms with Gasteiger partial charge in [0.2, 0.25) is 0 Å². The van der Waals surface area contributed by atoms with Crippen LogP contribution in [0.5, 0.6) is 0 Å². The number of hydrogen-bond acceptors (Lipinski definition) is 4. The Balaban J connectivity index is 2.13. The molecule has 1 atom stereocenters. The Bertz CT molecular complexity index is 665. The molecule has 0 saturated carbocycles. The fourth-order valence-electron chi connectivity index (χ4n) is 3.03. The minimum atomic E-state index is -0.352. The van der Waals surface area contributed by atoms with E-state index in [1.807, 2.05) is 19.3 Å². The zero-order valence-electron chi connectivity index (χ0n) is 12.0. The van der Waals surface area contributed by atoms with Crippen LogP contribution in [0.2, 0.25) is 0 Å². The van der Waals surface area contributed by atoms with Crippen molar-refractivity contribution >= 4 is 5.69 Å². The largest absolute Gasteiger partial charge is 0.313 e. The number of aromatic nitrogens is 2. The van der Waals surface area contributed by atoms with Crippen LogP contribution in [-0.4, -0.2) is 21.8 Å². The first-order valence-electron chi connectivity index (χ1n) is 7.20. The van der Waals surface area contributed by atoms with Gasteiger partial charge in [0.1, 0.15) is 5.69 Å². The molecule has 6 nitrogen and oxygen atoms in total. The van der Waals surface area contributed by atoms with Crippen LogP contribution in [0, 0.1) is 10.1 Å². The first kappa shape index (κ1) is 13.8. The van der Waals surface area contributed by atoms with Crippen LogP contribution in [0.4, 0.5) is 5.69 Å². The third kappa shape index (κ3) is 2.42. The standard InChI is InChI=1S/C15H18N4O2/c1-16-12-6-2-3-7-13-11(12)10-17-18(13)14-8-4-5-9-15(14)19(20)21/h4-5,8-10,12,16H,2-3,6-7H2,1H3. The highest BCUT2D eigenvalue weighted by Gasteiger charge is 2.24. The normalized spacial score (nSPS) is 18.0. The Morgan fingerprint density at radius 1 is 1.38 bits per heavy atom. The van der Waals surface area contributed by atoms with Crippen molar-refractivity contribution in [1.82, 2.24) is 15.1 Å². The van der Waals surface area contributed by atoms with E-state index in [9.17, 15) is 10.1 Å². The highest BCUT2D eigenvalue weighted by Crippen LogP contribution is 2.31. The third-order valence-corrected chi connectivity index (χ3v) is 4.09. The van der Waals surface area contributed by atoms with Crippen LogP contribution >= 0.6 is 0 Å². The molecular weight excluding hydrogens is 268 g/mol. The van der Waals surface area contributed by atoms with Gasteiger partial charge in [-0.2, -0.15) is 5.10 Å². The van der Waals surface area contributed by atoms with Crippen molar-refractivity contribution in [2.75, 3.05) is 7.05 Å². The summed E-state index contributed by atoms with van der Waals surface area (Å²) in [5, 5.41) is 19.0. The number of nitrogens with zero attached hydrogens (tertiary/aromatic N) is 3. The van der Waals surface area contributed by atoms with Gasteiger partial charge in [-0.3, -0.25) is 10.1 Å². The molecular formula is C15H18N4O2. The van der Waals surface area contributed by atoms with Crippen molar-refractivity contribution in [3.63, 3.8) is 0 Å². The van der Waals surface area contributed by atoms with Gasteiger partial charge in [-0.25, -0.2) is 4.68 Å². The predicted molar refractivity (Wildman–Crippen MR) is 79.6 cm³/mol. The lowest BCUT2D eigenvalue weighted by molar-refractivity contribution is -0.384. The maximum Gasteiger partial charge on any atom is 0.294 e. The van der Waals surface area contributed by atoms with Gasteiger partial charge < -0.3 is 5.32 Å². The predicted octanol–water partition coefficient (Wildman–Crippen LogP) is 2.77. The van der Waals surface area contributed by atoms with Gasteiger partial charge in [0.15, 0.2) is 0 Å². The van der Waals surface area contributed by atoms with Crippen molar-refractivity contribution in [1.29, 1.82) is 0 Å². The Morgan fingerprint density at radius 3 is 2.95 bits per heavy atom. The van der Waals surface area contributed by atoms with E-state index in [1.165, 1.54) is 6.07 Å². The molecule has 1 N–H and O–H groups in total. The number of benzene rings is 1. The summed E-state index contributed by atoms with van der Waals surface area (Å²) < 4.78 is 1.74. The fourth-order valence-corrected chi connectivity index (χ4v) is 3.03. The second kappa shape index (κ2) is 5.65. The Labute approximate surface area is 122 Å². The van der Waals surface area contributed by atoms with Gasteiger partial charge >= 0.3 is 0 Å². The van der Waals surface area contributed by atoms with E-state index < -0.39 is 0 Å². The van der Waals surface area contributed by atoms with Crippen molar-refractivity contribution in [3.05, 3.63) is 51.8 Å². The Morgan fingerprint density at radius 2 is 2.19 bits per heavy atom. The lowest BCUT2D eigenvalue weighted by Gasteiger charge is -2.13. The highest BCUT2D eigenvalue weighted by atomic mass is 16.6.